The molecule has 1 amide bonds. The van der Waals surface area contributed by atoms with Crippen LogP contribution in [0.2, 0.25) is 0 Å². The molecule has 0 aliphatic heterocycles. The molecule has 7 heteroatoms. The van der Waals surface area contributed by atoms with E-state index in [2.05, 4.69) is 5.32 Å². The predicted octanol–water partition coefficient (Wildman–Crippen LogP) is 3.66. The van der Waals surface area contributed by atoms with Gasteiger partial charge in [-0.25, -0.2) is 4.79 Å². The summed E-state index contributed by atoms with van der Waals surface area (Å²) in [6.07, 6.45) is -4.84. The van der Waals surface area contributed by atoms with E-state index in [0.717, 1.165) is 12.1 Å². The first-order chi connectivity index (χ1) is 10.9. The van der Waals surface area contributed by atoms with Crippen molar-refractivity contribution in [3.8, 4) is 0 Å². The normalized spacial score (nSPS) is 18.6. The van der Waals surface area contributed by atoms with Crippen LogP contribution in [0.15, 0.2) is 18.2 Å². The molecule has 0 aromatic heterocycles. The Bertz CT molecular complexity index is 647. The number of ketones is 1. The van der Waals surface area contributed by atoms with Gasteiger partial charge in [-0.15, -0.1) is 0 Å². The average molecular weight is 343 g/mol. The van der Waals surface area contributed by atoms with Crippen molar-refractivity contribution in [3.63, 3.8) is 0 Å². The highest BCUT2D eigenvalue weighted by molar-refractivity contribution is 5.83. The number of nitrogens with one attached hydrogen (secondary N) is 1. The smallest absolute Gasteiger partial charge is 0.416 e. The Hall–Kier alpha value is -2.05. The van der Waals surface area contributed by atoms with E-state index >= 15 is 0 Å². The van der Waals surface area contributed by atoms with E-state index in [4.69, 9.17) is 4.74 Å². The van der Waals surface area contributed by atoms with Gasteiger partial charge in [-0.2, -0.15) is 13.2 Å². The predicted molar refractivity (Wildman–Crippen MR) is 81.6 cm³/mol. The topological polar surface area (TPSA) is 55.4 Å². The summed E-state index contributed by atoms with van der Waals surface area (Å²) in [5.41, 5.74) is -0.454. The molecule has 2 rings (SSSR count). The number of carbonyl (C=O) groups excluding carboxylic acids is 2. The highest BCUT2D eigenvalue weighted by Crippen LogP contribution is 2.32. The summed E-state index contributed by atoms with van der Waals surface area (Å²) in [6, 6.07) is 2.79. The SMILES string of the molecule is CC(C)(C)OC(=O)NC1CC(=O)Cc2ccc(C(F)(F)F)cc2C1. The summed E-state index contributed by atoms with van der Waals surface area (Å²) < 4.78 is 43.8. The van der Waals surface area contributed by atoms with Crippen molar-refractivity contribution in [2.24, 2.45) is 0 Å². The van der Waals surface area contributed by atoms with Gasteiger partial charge < -0.3 is 10.1 Å². The van der Waals surface area contributed by atoms with Gasteiger partial charge in [0.05, 0.1) is 5.56 Å². The first kappa shape index (κ1) is 18.3. The molecule has 1 N–H and O–H groups in total. The number of halogens is 3. The Morgan fingerprint density at radius 2 is 1.83 bits per heavy atom. The van der Waals surface area contributed by atoms with E-state index in [1.165, 1.54) is 6.07 Å². The van der Waals surface area contributed by atoms with E-state index in [0.29, 0.717) is 11.1 Å². The summed E-state index contributed by atoms with van der Waals surface area (Å²) in [5, 5.41) is 2.58. The van der Waals surface area contributed by atoms with Gasteiger partial charge in [0.25, 0.3) is 0 Å². The summed E-state index contributed by atoms with van der Waals surface area (Å²) in [4.78, 5) is 23.8. The van der Waals surface area contributed by atoms with Crippen LogP contribution in [0.4, 0.5) is 18.0 Å². The van der Waals surface area contributed by atoms with Crippen molar-refractivity contribution in [3.05, 3.63) is 34.9 Å². The Labute approximate surface area is 138 Å². The second-order valence-corrected chi connectivity index (χ2v) is 6.95. The number of amides is 1. The number of benzene rings is 1. The van der Waals surface area contributed by atoms with Gasteiger partial charge in [-0.3, -0.25) is 4.79 Å². The number of carbonyl (C=O) groups is 2. The number of rotatable bonds is 1. The maximum absolute atomic E-state index is 12.9. The van der Waals surface area contributed by atoms with Crippen LogP contribution in [0.5, 0.6) is 0 Å². The lowest BCUT2D eigenvalue weighted by atomic mass is 9.99. The quantitative estimate of drug-likeness (QED) is 0.792. The largest absolute Gasteiger partial charge is 0.444 e. The van der Waals surface area contributed by atoms with Crippen LogP contribution < -0.4 is 5.32 Å². The lowest BCUT2D eigenvalue weighted by molar-refractivity contribution is -0.137. The lowest BCUT2D eigenvalue weighted by Crippen LogP contribution is -2.40. The molecule has 0 saturated heterocycles. The van der Waals surface area contributed by atoms with Crippen LogP contribution >= 0.6 is 0 Å². The fourth-order valence-electron chi connectivity index (χ4n) is 2.64. The molecule has 0 bridgehead atoms. The van der Waals surface area contributed by atoms with Crippen LogP contribution in [-0.4, -0.2) is 23.5 Å². The highest BCUT2D eigenvalue weighted by Gasteiger charge is 2.32. The van der Waals surface area contributed by atoms with Crippen molar-refractivity contribution in [1.29, 1.82) is 0 Å². The van der Waals surface area contributed by atoms with Crippen LogP contribution in [0.3, 0.4) is 0 Å². The molecule has 1 unspecified atom stereocenters. The zero-order valence-corrected chi connectivity index (χ0v) is 13.8. The Morgan fingerprint density at radius 1 is 1.17 bits per heavy atom. The van der Waals surface area contributed by atoms with Gasteiger partial charge in [-0.1, -0.05) is 6.07 Å². The zero-order chi connectivity index (χ0) is 18.1. The van der Waals surface area contributed by atoms with Crippen molar-refractivity contribution in [2.45, 2.75) is 57.9 Å². The van der Waals surface area contributed by atoms with Crippen LogP contribution in [0.1, 0.15) is 43.9 Å². The molecule has 1 aliphatic rings. The molecular formula is C17H20F3NO3. The second-order valence-electron chi connectivity index (χ2n) is 6.95. The van der Waals surface area contributed by atoms with E-state index in [9.17, 15) is 22.8 Å². The van der Waals surface area contributed by atoms with Gasteiger partial charge in [0.1, 0.15) is 11.4 Å². The van der Waals surface area contributed by atoms with Crippen molar-refractivity contribution >= 4 is 11.9 Å². The Balaban J connectivity index is 2.20. The minimum atomic E-state index is -4.45. The molecule has 1 aromatic carbocycles. The van der Waals surface area contributed by atoms with Gasteiger partial charge in [-0.05, 0) is 50.5 Å². The highest BCUT2D eigenvalue weighted by atomic mass is 19.4. The maximum atomic E-state index is 12.9. The molecular weight excluding hydrogens is 323 g/mol. The third-order valence-corrected chi connectivity index (χ3v) is 3.58. The number of hydrogen-bond acceptors (Lipinski definition) is 3. The summed E-state index contributed by atoms with van der Waals surface area (Å²) >= 11 is 0. The molecule has 132 valence electrons. The zero-order valence-electron chi connectivity index (χ0n) is 13.8. The molecule has 0 spiro atoms. The van der Waals surface area contributed by atoms with E-state index < -0.39 is 29.5 Å². The van der Waals surface area contributed by atoms with Gasteiger partial charge >= 0.3 is 12.3 Å². The monoisotopic (exact) mass is 343 g/mol. The standard InChI is InChI=1S/C17H20F3NO3/c1-16(2,3)24-15(23)21-13-7-11-6-12(17(18,19)20)5-4-10(11)8-14(22)9-13/h4-6,13H,7-9H2,1-3H3,(H,21,23). The maximum Gasteiger partial charge on any atom is 0.416 e. The molecule has 0 saturated carbocycles. The van der Waals surface area contributed by atoms with Gasteiger partial charge in [0.2, 0.25) is 0 Å². The molecule has 4 nitrogen and oxygen atoms in total. The number of fused-ring (bicyclic) bond motifs is 1. The number of alkyl halides is 3. The minimum Gasteiger partial charge on any atom is -0.444 e. The first-order valence-corrected chi connectivity index (χ1v) is 7.64. The third kappa shape index (κ3) is 4.97. The fraction of sp³-hybridized carbons (Fsp3) is 0.529. The van der Waals surface area contributed by atoms with Crippen LogP contribution in [-0.2, 0) is 28.5 Å². The summed E-state index contributed by atoms with van der Waals surface area (Å²) in [7, 11) is 0. The molecule has 0 heterocycles. The average Bonchev–Trinajstić information content (AvgIpc) is 2.51. The number of alkyl carbamates (subject to hydrolysis) is 1. The first-order valence-electron chi connectivity index (χ1n) is 7.64. The molecule has 0 fully saturated rings. The number of hydrogen-bond donors (Lipinski definition) is 1. The van der Waals surface area contributed by atoms with Crippen LogP contribution in [0.25, 0.3) is 0 Å². The molecule has 0 radical (unpaired) electrons. The molecule has 1 atom stereocenters. The van der Waals surface area contributed by atoms with Crippen molar-refractivity contribution in [2.75, 3.05) is 0 Å². The number of ether oxygens (including phenoxy) is 1. The van der Waals surface area contributed by atoms with Gasteiger partial charge in [0, 0.05) is 18.9 Å². The van der Waals surface area contributed by atoms with Crippen LogP contribution in [0, 0.1) is 0 Å². The van der Waals surface area contributed by atoms with E-state index in [-0.39, 0.29) is 25.0 Å². The van der Waals surface area contributed by atoms with Crippen molar-refractivity contribution in [1.82, 2.24) is 5.32 Å². The molecule has 1 aromatic rings. The number of Topliss-reactive ketones (excluding diaryl/α,β-unsaturated/α-hetero) is 1. The third-order valence-electron chi connectivity index (χ3n) is 3.58. The van der Waals surface area contributed by atoms with Crippen molar-refractivity contribution < 1.29 is 27.5 Å². The Morgan fingerprint density at radius 3 is 2.42 bits per heavy atom. The van der Waals surface area contributed by atoms with E-state index in [1.807, 2.05) is 0 Å². The molecule has 24 heavy (non-hydrogen) atoms. The minimum absolute atomic E-state index is 0.0648. The lowest BCUT2D eigenvalue weighted by Gasteiger charge is -2.23. The fourth-order valence-corrected chi connectivity index (χ4v) is 2.64. The second kappa shape index (κ2) is 6.45. The van der Waals surface area contributed by atoms with Gasteiger partial charge in [0.15, 0.2) is 0 Å². The van der Waals surface area contributed by atoms with E-state index in [1.54, 1.807) is 20.8 Å². The molecule has 1 aliphatic carbocycles. The summed E-state index contributed by atoms with van der Waals surface area (Å²) in [5.74, 6) is -0.130. The summed E-state index contributed by atoms with van der Waals surface area (Å²) in [6.45, 7) is 5.11. The Kier molecular flexibility index (Phi) is 4.92.